The van der Waals surface area contributed by atoms with Crippen LogP contribution >= 0.6 is 11.6 Å². The van der Waals surface area contributed by atoms with Crippen LogP contribution in [0.4, 0.5) is 11.4 Å². The van der Waals surface area contributed by atoms with Crippen LogP contribution in [-0.4, -0.2) is 23.9 Å². The van der Waals surface area contributed by atoms with Crippen molar-refractivity contribution >= 4 is 45.5 Å². The molecule has 1 N–H and O–H groups in total. The van der Waals surface area contributed by atoms with Gasteiger partial charge >= 0.3 is 5.97 Å². The summed E-state index contributed by atoms with van der Waals surface area (Å²) in [5.41, 5.74) is 1.53. The highest BCUT2D eigenvalue weighted by Crippen LogP contribution is 2.39. The van der Waals surface area contributed by atoms with Crippen LogP contribution < -0.4 is 5.32 Å². The van der Waals surface area contributed by atoms with Crippen molar-refractivity contribution in [2.75, 3.05) is 12.4 Å². The molecule has 0 aliphatic carbocycles. The van der Waals surface area contributed by atoms with E-state index in [1.807, 2.05) is 0 Å². The van der Waals surface area contributed by atoms with Gasteiger partial charge in [-0.2, -0.15) is 0 Å². The van der Waals surface area contributed by atoms with Crippen LogP contribution in [0.15, 0.2) is 42.5 Å². The van der Waals surface area contributed by atoms with Gasteiger partial charge < -0.3 is 10.1 Å². The van der Waals surface area contributed by atoms with Crippen molar-refractivity contribution in [3.8, 4) is 0 Å². The van der Waals surface area contributed by atoms with E-state index in [1.165, 1.54) is 37.4 Å². The summed E-state index contributed by atoms with van der Waals surface area (Å²) in [4.78, 5) is 34.4. The molecule has 8 heteroatoms. The maximum absolute atomic E-state index is 12.3. The Morgan fingerprint density at radius 1 is 1.20 bits per heavy atom. The Kier molecular flexibility index (Phi) is 4.24. The number of esters is 1. The van der Waals surface area contributed by atoms with Gasteiger partial charge in [-0.05, 0) is 18.2 Å². The smallest absolute Gasteiger partial charge is 0.337 e. The first kappa shape index (κ1) is 16.7. The minimum atomic E-state index is -0.548. The first-order chi connectivity index (χ1) is 11.9. The number of methoxy groups -OCH3 is 1. The summed E-state index contributed by atoms with van der Waals surface area (Å²) >= 11 is 6.36. The first-order valence-corrected chi connectivity index (χ1v) is 7.49. The van der Waals surface area contributed by atoms with E-state index < -0.39 is 16.8 Å². The summed E-state index contributed by atoms with van der Waals surface area (Å²) in [6, 6.07) is 10.3. The van der Waals surface area contributed by atoms with Gasteiger partial charge in [0.15, 0.2) is 0 Å². The number of ether oxygens (including phenoxy) is 1. The molecule has 3 rings (SSSR count). The van der Waals surface area contributed by atoms with Gasteiger partial charge in [0, 0.05) is 28.9 Å². The number of benzene rings is 2. The molecule has 1 aliphatic rings. The summed E-state index contributed by atoms with van der Waals surface area (Å²) in [6.07, 6.45) is 0. The fourth-order valence-electron chi connectivity index (χ4n) is 2.53. The molecule has 0 bridgehead atoms. The minimum Gasteiger partial charge on any atom is -0.465 e. The van der Waals surface area contributed by atoms with Crippen LogP contribution in [0.3, 0.4) is 0 Å². The maximum atomic E-state index is 12.3. The predicted octanol–water partition coefficient (Wildman–Crippen LogP) is 3.44. The van der Waals surface area contributed by atoms with Crippen molar-refractivity contribution in [3.63, 3.8) is 0 Å². The van der Waals surface area contributed by atoms with Gasteiger partial charge in [0.2, 0.25) is 0 Å². The van der Waals surface area contributed by atoms with Gasteiger partial charge in [-0.1, -0.05) is 23.7 Å². The molecule has 0 radical (unpaired) electrons. The fourth-order valence-corrected chi connectivity index (χ4v) is 2.84. The van der Waals surface area contributed by atoms with Gasteiger partial charge in [-0.25, -0.2) is 4.79 Å². The van der Waals surface area contributed by atoms with Crippen LogP contribution in [0.25, 0.3) is 10.6 Å². The summed E-state index contributed by atoms with van der Waals surface area (Å²) in [5, 5.41) is 13.6. The third-order valence-electron chi connectivity index (χ3n) is 3.72. The number of nitro benzene ring substituents is 1. The van der Waals surface area contributed by atoms with E-state index in [9.17, 15) is 19.7 Å². The number of rotatable bonds is 3. The van der Waals surface area contributed by atoms with Crippen molar-refractivity contribution in [1.29, 1.82) is 0 Å². The number of amides is 1. The van der Waals surface area contributed by atoms with Crippen LogP contribution in [0.5, 0.6) is 0 Å². The third-order valence-corrected chi connectivity index (χ3v) is 4.12. The van der Waals surface area contributed by atoms with Crippen molar-refractivity contribution in [2.45, 2.75) is 0 Å². The number of hydrogen-bond donors (Lipinski definition) is 1. The molecule has 0 unspecified atom stereocenters. The van der Waals surface area contributed by atoms with Gasteiger partial charge in [0.1, 0.15) is 0 Å². The second-order valence-electron chi connectivity index (χ2n) is 5.20. The lowest BCUT2D eigenvalue weighted by Crippen LogP contribution is -2.04. The normalized spacial score (nSPS) is 14.6. The van der Waals surface area contributed by atoms with E-state index in [-0.39, 0.29) is 21.9 Å². The molecule has 0 saturated heterocycles. The molecule has 0 saturated carbocycles. The molecule has 126 valence electrons. The van der Waals surface area contributed by atoms with Gasteiger partial charge in [0.05, 0.1) is 28.2 Å². The quantitative estimate of drug-likeness (QED) is 0.392. The van der Waals surface area contributed by atoms with E-state index in [0.717, 1.165) is 0 Å². The zero-order valence-corrected chi connectivity index (χ0v) is 13.7. The molecular formula is C17H11ClN2O5. The second kappa shape index (κ2) is 6.37. The van der Waals surface area contributed by atoms with E-state index in [1.54, 1.807) is 12.1 Å². The first-order valence-electron chi connectivity index (χ1n) is 7.11. The molecular weight excluding hydrogens is 348 g/mol. The molecule has 0 spiro atoms. The Labute approximate surface area is 147 Å². The topological polar surface area (TPSA) is 98.5 Å². The number of fused-ring (bicyclic) bond motifs is 1. The summed E-state index contributed by atoms with van der Waals surface area (Å²) < 4.78 is 4.68. The van der Waals surface area contributed by atoms with E-state index in [0.29, 0.717) is 16.8 Å². The summed E-state index contributed by atoms with van der Waals surface area (Å²) in [7, 11) is 1.26. The highest BCUT2D eigenvalue weighted by atomic mass is 35.5. The number of nitrogens with one attached hydrogen (secondary N) is 1. The average Bonchev–Trinajstić information content (AvgIpc) is 2.95. The van der Waals surface area contributed by atoms with Gasteiger partial charge in [0.25, 0.3) is 11.6 Å². The Hall–Kier alpha value is -3.19. The highest BCUT2D eigenvalue weighted by molar-refractivity contribution is 6.59. The summed E-state index contributed by atoms with van der Waals surface area (Å²) in [6.45, 7) is 0. The van der Waals surface area contributed by atoms with Gasteiger partial charge in [-0.3, -0.25) is 14.9 Å². The molecule has 7 nitrogen and oxygen atoms in total. The zero-order valence-electron chi connectivity index (χ0n) is 12.9. The number of carbonyl (C=O) groups is 2. The van der Waals surface area contributed by atoms with Crippen LogP contribution in [0.1, 0.15) is 21.5 Å². The van der Waals surface area contributed by atoms with Gasteiger partial charge in [-0.15, -0.1) is 0 Å². The number of non-ortho nitro benzene ring substituents is 1. The Balaban J connectivity index is 2.16. The molecule has 1 aliphatic heterocycles. The molecule has 2 aromatic carbocycles. The van der Waals surface area contributed by atoms with E-state index >= 15 is 0 Å². The number of nitro groups is 1. The molecule has 2 aromatic rings. The number of carbonyl (C=O) groups excluding carboxylic acids is 2. The Bertz CT molecular complexity index is 952. The van der Waals surface area contributed by atoms with Crippen molar-refractivity contribution < 1.29 is 19.2 Å². The van der Waals surface area contributed by atoms with E-state index in [2.05, 4.69) is 10.1 Å². The molecule has 0 aromatic heterocycles. The summed E-state index contributed by atoms with van der Waals surface area (Å²) in [5.74, 6) is -0.999. The monoisotopic (exact) mass is 358 g/mol. The van der Waals surface area contributed by atoms with Crippen molar-refractivity contribution in [3.05, 3.63) is 69.3 Å². The number of halogens is 1. The van der Waals surface area contributed by atoms with Crippen LogP contribution in [0.2, 0.25) is 0 Å². The molecule has 0 atom stereocenters. The SMILES string of the molecule is COC(=O)c1ccc2c(c1)/C(=C(/Cl)c1cccc([N+](=O)[O-])c1)C(=O)N2. The Morgan fingerprint density at radius 3 is 2.64 bits per heavy atom. The fraction of sp³-hybridized carbons (Fsp3) is 0.0588. The lowest BCUT2D eigenvalue weighted by molar-refractivity contribution is -0.384. The molecule has 0 fully saturated rings. The number of nitrogens with zero attached hydrogens (tertiary/aromatic N) is 1. The highest BCUT2D eigenvalue weighted by Gasteiger charge is 2.29. The average molecular weight is 359 g/mol. The van der Waals surface area contributed by atoms with Crippen molar-refractivity contribution in [2.24, 2.45) is 0 Å². The second-order valence-corrected chi connectivity index (χ2v) is 5.58. The number of hydrogen-bond acceptors (Lipinski definition) is 5. The molecule has 25 heavy (non-hydrogen) atoms. The van der Waals surface area contributed by atoms with Crippen LogP contribution in [-0.2, 0) is 9.53 Å². The molecule has 1 amide bonds. The number of anilines is 1. The minimum absolute atomic E-state index is 0.0574. The standard InChI is InChI=1S/C17H11ClN2O5/c1-25-17(22)10-5-6-13-12(8-10)14(16(21)19-13)15(18)9-3-2-4-11(7-9)20(23)24/h2-8H,1H3,(H,19,21)/b15-14-. The van der Waals surface area contributed by atoms with Crippen LogP contribution in [0, 0.1) is 10.1 Å². The lowest BCUT2D eigenvalue weighted by Gasteiger charge is -2.06. The Morgan fingerprint density at radius 2 is 1.96 bits per heavy atom. The maximum Gasteiger partial charge on any atom is 0.337 e. The molecule has 1 heterocycles. The zero-order chi connectivity index (χ0) is 18.1. The predicted molar refractivity (Wildman–Crippen MR) is 92.2 cm³/mol. The largest absolute Gasteiger partial charge is 0.465 e. The van der Waals surface area contributed by atoms with E-state index in [4.69, 9.17) is 11.6 Å². The lowest BCUT2D eigenvalue weighted by atomic mass is 10.0. The van der Waals surface area contributed by atoms with Crippen molar-refractivity contribution in [1.82, 2.24) is 0 Å². The third kappa shape index (κ3) is 2.97.